The Hall–Kier alpha value is -2.60. The van der Waals surface area contributed by atoms with Gasteiger partial charge in [-0.1, -0.05) is 0 Å². The summed E-state index contributed by atoms with van der Waals surface area (Å²) in [4.78, 5) is 19.1. The van der Waals surface area contributed by atoms with Gasteiger partial charge >= 0.3 is 0 Å². The van der Waals surface area contributed by atoms with Crippen molar-refractivity contribution in [2.45, 2.75) is 19.6 Å². The molecule has 6 heteroatoms. The van der Waals surface area contributed by atoms with E-state index < -0.39 is 0 Å². The standard InChI is InChI=1S/C19H22N2O4/c1-23-12-14-10-20-9-13-11-21(7-6-16(13)14)19(22)17-5-4-15(24-2)8-18(17)25-3/h4-5,8-10H,6-7,11-12H2,1-3H3. The Labute approximate surface area is 147 Å². The third-order valence-electron chi connectivity index (χ3n) is 4.46. The van der Waals surface area contributed by atoms with Gasteiger partial charge in [-0.25, -0.2) is 0 Å². The fraction of sp³-hybridized carbons (Fsp3) is 0.368. The van der Waals surface area contributed by atoms with Crippen molar-refractivity contribution >= 4 is 5.91 Å². The van der Waals surface area contributed by atoms with Crippen LogP contribution in [0.15, 0.2) is 30.6 Å². The van der Waals surface area contributed by atoms with Gasteiger partial charge < -0.3 is 19.1 Å². The fourth-order valence-electron chi connectivity index (χ4n) is 3.17. The Morgan fingerprint density at radius 1 is 1.20 bits per heavy atom. The molecule has 0 N–H and O–H groups in total. The number of carbonyl (C=O) groups excluding carboxylic acids is 1. The fourth-order valence-corrected chi connectivity index (χ4v) is 3.17. The van der Waals surface area contributed by atoms with Gasteiger partial charge in [0.05, 0.1) is 26.4 Å². The van der Waals surface area contributed by atoms with Crippen molar-refractivity contribution in [1.29, 1.82) is 0 Å². The average molecular weight is 342 g/mol. The molecule has 2 heterocycles. The van der Waals surface area contributed by atoms with Crippen LogP contribution >= 0.6 is 0 Å². The van der Waals surface area contributed by atoms with E-state index >= 15 is 0 Å². The summed E-state index contributed by atoms with van der Waals surface area (Å²) in [5, 5.41) is 0. The summed E-state index contributed by atoms with van der Waals surface area (Å²) in [5.74, 6) is 1.12. The number of carbonyl (C=O) groups is 1. The molecule has 0 radical (unpaired) electrons. The molecule has 1 aliphatic heterocycles. The van der Waals surface area contributed by atoms with Crippen molar-refractivity contribution in [3.05, 3.63) is 52.8 Å². The summed E-state index contributed by atoms with van der Waals surface area (Å²) in [6, 6.07) is 5.24. The molecular weight excluding hydrogens is 320 g/mol. The van der Waals surface area contributed by atoms with Crippen LogP contribution < -0.4 is 9.47 Å². The molecule has 0 saturated carbocycles. The lowest BCUT2D eigenvalue weighted by atomic mass is 9.97. The number of nitrogens with zero attached hydrogens (tertiary/aromatic N) is 2. The number of aromatic nitrogens is 1. The van der Waals surface area contributed by atoms with Gasteiger partial charge in [0.15, 0.2) is 0 Å². The number of ether oxygens (including phenoxy) is 3. The van der Waals surface area contributed by atoms with Gasteiger partial charge in [0, 0.05) is 38.7 Å². The van der Waals surface area contributed by atoms with Crippen molar-refractivity contribution in [1.82, 2.24) is 9.88 Å². The monoisotopic (exact) mass is 342 g/mol. The van der Waals surface area contributed by atoms with Gasteiger partial charge in [-0.3, -0.25) is 9.78 Å². The summed E-state index contributed by atoms with van der Waals surface area (Å²) >= 11 is 0. The molecule has 132 valence electrons. The van der Waals surface area contributed by atoms with E-state index in [-0.39, 0.29) is 5.91 Å². The van der Waals surface area contributed by atoms with Crippen molar-refractivity contribution < 1.29 is 19.0 Å². The Balaban J connectivity index is 1.85. The van der Waals surface area contributed by atoms with Crippen LogP contribution in [0.5, 0.6) is 11.5 Å². The maximum atomic E-state index is 13.0. The molecule has 3 rings (SSSR count). The van der Waals surface area contributed by atoms with E-state index in [2.05, 4.69) is 4.98 Å². The zero-order chi connectivity index (χ0) is 17.8. The second-order valence-electron chi connectivity index (χ2n) is 5.91. The van der Waals surface area contributed by atoms with Gasteiger partial charge in [-0.05, 0) is 35.2 Å². The molecule has 2 aromatic rings. The smallest absolute Gasteiger partial charge is 0.257 e. The third kappa shape index (κ3) is 3.44. The quantitative estimate of drug-likeness (QED) is 0.835. The van der Waals surface area contributed by atoms with E-state index in [0.717, 1.165) is 17.5 Å². The Morgan fingerprint density at radius 2 is 2.04 bits per heavy atom. The van der Waals surface area contributed by atoms with Crippen LogP contribution in [-0.4, -0.2) is 43.7 Å². The molecule has 6 nitrogen and oxygen atoms in total. The number of pyridine rings is 1. The molecule has 0 bridgehead atoms. The molecule has 0 saturated heterocycles. The molecule has 1 aromatic heterocycles. The molecular formula is C19H22N2O4. The molecule has 1 amide bonds. The van der Waals surface area contributed by atoms with Crippen LogP contribution in [0.25, 0.3) is 0 Å². The highest BCUT2D eigenvalue weighted by Crippen LogP contribution is 2.28. The summed E-state index contributed by atoms with van der Waals surface area (Å²) in [7, 11) is 4.81. The van der Waals surface area contributed by atoms with Crippen LogP contribution in [0.2, 0.25) is 0 Å². The van der Waals surface area contributed by atoms with E-state index in [1.165, 1.54) is 5.56 Å². The molecule has 0 atom stereocenters. The first-order chi connectivity index (χ1) is 12.2. The zero-order valence-electron chi connectivity index (χ0n) is 14.7. The summed E-state index contributed by atoms with van der Waals surface area (Å²) < 4.78 is 15.8. The molecule has 0 aliphatic carbocycles. The van der Waals surface area contributed by atoms with Crippen LogP contribution in [0.4, 0.5) is 0 Å². The number of rotatable bonds is 5. The van der Waals surface area contributed by atoms with Crippen molar-refractivity contribution in [2.75, 3.05) is 27.9 Å². The van der Waals surface area contributed by atoms with Crippen LogP contribution in [0, 0.1) is 0 Å². The highest BCUT2D eigenvalue weighted by atomic mass is 16.5. The van der Waals surface area contributed by atoms with Crippen molar-refractivity contribution in [2.24, 2.45) is 0 Å². The summed E-state index contributed by atoms with van der Waals surface area (Å²) in [6.45, 7) is 1.73. The summed E-state index contributed by atoms with van der Waals surface area (Å²) in [6.07, 6.45) is 4.46. The highest BCUT2D eigenvalue weighted by Gasteiger charge is 2.25. The largest absolute Gasteiger partial charge is 0.497 e. The lowest BCUT2D eigenvalue weighted by Crippen LogP contribution is -2.36. The SMILES string of the molecule is COCc1cncc2c1CCN(C(=O)c1ccc(OC)cc1OC)C2. The molecule has 0 fully saturated rings. The summed E-state index contributed by atoms with van der Waals surface area (Å²) in [5.41, 5.74) is 3.94. The Morgan fingerprint density at radius 3 is 2.76 bits per heavy atom. The normalized spacial score (nSPS) is 13.3. The van der Waals surface area contributed by atoms with Gasteiger partial charge in [0.25, 0.3) is 5.91 Å². The number of hydrogen-bond donors (Lipinski definition) is 0. The minimum absolute atomic E-state index is 0.0534. The van der Waals surface area contributed by atoms with E-state index in [0.29, 0.717) is 36.8 Å². The molecule has 1 aromatic carbocycles. The zero-order valence-corrected chi connectivity index (χ0v) is 14.7. The second kappa shape index (κ2) is 7.53. The minimum Gasteiger partial charge on any atom is -0.497 e. The van der Waals surface area contributed by atoms with E-state index in [1.807, 2.05) is 17.3 Å². The van der Waals surface area contributed by atoms with E-state index in [4.69, 9.17) is 14.2 Å². The molecule has 0 unspecified atom stereocenters. The predicted molar refractivity (Wildman–Crippen MR) is 92.9 cm³/mol. The van der Waals surface area contributed by atoms with E-state index in [1.54, 1.807) is 39.5 Å². The molecule has 1 aliphatic rings. The number of hydrogen-bond acceptors (Lipinski definition) is 5. The second-order valence-corrected chi connectivity index (χ2v) is 5.91. The number of benzene rings is 1. The third-order valence-corrected chi connectivity index (χ3v) is 4.46. The van der Waals surface area contributed by atoms with E-state index in [9.17, 15) is 4.79 Å². The first-order valence-corrected chi connectivity index (χ1v) is 8.12. The van der Waals surface area contributed by atoms with Gasteiger partial charge in [-0.15, -0.1) is 0 Å². The minimum atomic E-state index is -0.0534. The number of methoxy groups -OCH3 is 3. The molecule has 0 spiro atoms. The van der Waals surface area contributed by atoms with Crippen LogP contribution in [-0.2, 0) is 24.3 Å². The molecule has 25 heavy (non-hydrogen) atoms. The maximum absolute atomic E-state index is 13.0. The van der Waals surface area contributed by atoms with Gasteiger partial charge in [0.1, 0.15) is 11.5 Å². The van der Waals surface area contributed by atoms with Gasteiger partial charge in [-0.2, -0.15) is 0 Å². The topological polar surface area (TPSA) is 60.9 Å². The highest BCUT2D eigenvalue weighted by molar-refractivity contribution is 5.97. The van der Waals surface area contributed by atoms with Crippen molar-refractivity contribution in [3.8, 4) is 11.5 Å². The number of amides is 1. The first-order valence-electron chi connectivity index (χ1n) is 8.12. The Kier molecular flexibility index (Phi) is 5.19. The first kappa shape index (κ1) is 17.2. The Bertz CT molecular complexity index is 776. The van der Waals surface area contributed by atoms with Gasteiger partial charge in [0.2, 0.25) is 0 Å². The maximum Gasteiger partial charge on any atom is 0.257 e. The lowest BCUT2D eigenvalue weighted by Gasteiger charge is -2.30. The predicted octanol–water partition coefficient (Wildman–Crippen LogP) is 2.44. The van der Waals surface area contributed by atoms with Crippen LogP contribution in [0.3, 0.4) is 0 Å². The number of fused-ring (bicyclic) bond motifs is 1. The van der Waals surface area contributed by atoms with Crippen molar-refractivity contribution in [3.63, 3.8) is 0 Å². The average Bonchev–Trinajstić information content (AvgIpc) is 2.67. The van der Waals surface area contributed by atoms with Crippen LogP contribution in [0.1, 0.15) is 27.0 Å². The lowest BCUT2D eigenvalue weighted by molar-refractivity contribution is 0.0730.